The van der Waals surface area contributed by atoms with Crippen LogP contribution in [0.1, 0.15) is 80.2 Å². The van der Waals surface area contributed by atoms with Crippen molar-refractivity contribution in [2.45, 2.75) is 68.9 Å². The summed E-state index contributed by atoms with van der Waals surface area (Å²) in [6, 6.07) is 48.6. The van der Waals surface area contributed by atoms with Gasteiger partial charge in [-0.1, -0.05) is 166 Å². The molecule has 1 amide bonds. The Bertz CT molecular complexity index is 2010. The van der Waals surface area contributed by atoms with Gasteiger partial charge in [-0.2, -0.15) is 5.21 Å². The van der Waals surface area contributed by atoms with E-state index in [9.17, 15) is 0 Å². The number of hydrogen-bond acceptors (Lipinski definition) is 5. The molecule has 1 N–H and O–H groups in total. The molecular formula is C44H42N6O. The van der Waals surface area contributed by atoms with E-state index < -0.39 is 17.0 Å². The Labute approximate surface area is 299 Å². The fraction of sp³-hybridized carbons (Fsp3) is 0.250. The van der Waals surface area contributed by atoms with Gasteiger partial charge in [-0.15, -0.1) is 10.2 Å². The number of unbranched alkanes of at least 4 members (excludes halogenated alkanes) is 1. The molecule has 7 heteroatoms. The number of hydrogen-bond donors (Lipinski definition) is 1. The number of nitrogens with zero attached hydrogens (tertiary/aromatic N) is 5. The monoisotopic (exact) mass is 670 g/mol. The molecule has 1 aliphatic heterocycles. The summed E-state index contributed by atoms with van der Waals surface area (Å²) in [5, 5.41) is 14.9. The maximum Gasteiger partial charge on any atom is 0.256 e. The van der Waals surface area contributed by atoms with E-state index in [2.05, 4.69) is 154 Å². The number of tetrazole rings is 1. The first-order valence-electron chi connectivity index (χ1n) is 18.2. The van der Waals surface area contributed by atoms with Crippen molar-refractivity contribution in [2.75, 3.05) is 0 Å². The van der Waals surface area contributed by atoms with Crippen LogP contribution < -0.4 is 0 Å². The fourth-order valence-corrected chi connectivity index (χ4v) is 8.47. The molecule has 6 aromatic rings. The molecule has 1 atom stereocenters. The third-order valence-electron chi connectivity index (χ3n) is 10.8. The highest BCUT2D eigenvalue weighted by atomic mass is 16.2. The Hall–Kier alpha value is -5.69. The van der Waals surface area contributed by atoms with Gasteiger partial charge in [0.1, 0.15) is 11.4 Å². The van der Waals surface area contributed by atoms with Crippen LogP contribution in [0.5, 0.6) is 0 Å². The molecule has 1 aromatic heterocycles. The van der Waals surface area contributed by atoms with Gasteiger partial charge < -0.3 is 0 Å². The number of H-pyrrole nitrogens is 1. The predicted molar refractivity (Wildman–Crippen MR) is 202 cm³/mol. The molecule has 1 spiro atoms. The SMILES string of the molecule is CCCCC1=NC2(CCCC2)C(=O)N1[C@@H](c1ccc(-c2ccccc2-c2nn[nH]n2)cc1)C(c1ccccc1)(c1ccccc1)c1ccccc1. The van der Waals surface area contributed by atoms with Crippen LogP contribution in [0, 0.1) is 0 Å². The Balaban J connectivity index is 1.40. The van der Waals surface area contributed by atoms with Crippen molar-refractivity contribution in [1.82, 2.24) is 25.5 Å². The summed E-state index contributed by atoms with van der Waals surface area (Å²) in [6.45, 7) is 2.21. The largest absolute Gasteiger partial charge is 0.289 e. The van der Waals surface area contributed by atoms with E-state index in [0.717, 1.165) is 89.7 Å². The van der Waals surface area contributed by atoms with Gasteiger partial charge in [-0.3, -0.25) is 14.7 Å². The van der Waals surface area contributed by atoms with Crippen LogP contribution in [0.4, 0.5) is 0 Å². The van der Waals surface area contributed by atoms with Gasteiger partial charge in [0.15, 0.2) is 0 Å². The van der Waals surface area contributed by atoms with E-state index in [0.29, 0.717) is 5.82 Å². The lowest BCUT2D eigenvalue weighted by Gasteiger charge is -2.47. The van der Waals surface area contributed by atoms with E-state index >= 15 is 4.79 Å². The molecule has 0 bridgehead atoms. The average molecular weight is 671 g/mol. The smallest absolute Gasteiger partial charge is 0.256 e. The van der Waals surface area contributed by atoms with E-state index in [4.69, 9.17) is 4.99 Å². The highest BCUT2D eigenvalue weighted by molar-refractivity contribution is 6.09. The summed E-state index contributed by atoms with van der Waals surface area (Å²) in [5.41, 5.74) is 5.87. The number of aromatic amines is 1. The molecule has 5 aromatic carbocycles. The van der Waals surface area contributed by atoms with Gasteiger partial charge >= 0.3 is 0 Å². The molecule has 1 fully saturated rings. The van der Waals surface area contributed by atoms with Crippen LogP contribution in [-0.4, -0.2) is 42.8 Å². The third-order valence-corrected chi connectivity index (χ3v) is 10.8. The maximum atomic E-state index is 15.3. The van der Waals surface area contributed by atoms with Gasteiger partial charge in [0.25, 0.3) is 5.91 Å². The topological polar surface area (TPSA) is 87.1 Å². The van der Waals surface area contributed by atoms with Crippen molar-refractivity contribution < 1.29 is 4.79 Å². The number of benzene rings is 5. The maximum absolute atomic E-state index is 15.3. The number of carbonyl (C=O) groups is 1. The first kappa shape index (κ1) is 32.5. The van der Waals surface area contributed by atoms with Crippen LogP contribution in [-0.2, 0) is 10.2 Å². The zero-order valence-corrected chi connectivity index (χ0v) is 29.0. The minimum Gasteiger partial charge on any atom is -0.289 e. The summed E-state index contributed by atoms with van der Waals surface area (Å²) in [7, 11) is 0. The Morgan fingerprint density at radius 3 is 1.80 bits per heavy atom. The molecule has 7 nitrogen and oxygen atoms in total. The summed E-state index contributed by atoms with van der Waals surface area (Å²) < 4.78 is 0. The summed E-state index contributed by atoms with van der Waals surface area (Å²) in [5.74, 6) is 1.59. The molecular weight excluding hydrogens is 629 g/mol. The van der Waals surface area contributed by atoms with Gasteiger partial charge in [-0.05, 0) is 57.9 Å². The van der Waals surface area contributed by atoms with E-state index in [1.165, 1.54) is 0 Å². The van der Waals surface area contributed by atoms with Crippen molar-refractivity contribution in [3.63, 3.8) is 0 Å². The van der Waals surface area contributed by atoms with Crippen molar-refractivity contribution >= 4 is 11.7 Å². The molecule has 8 rings (SSSR count). The average Bonchev–Trinajstić information content (AvgIpc) is 3.97. The van der Waals surface area contributed by atoms with Gasteiger partial charge in [-0.25, -0.2) is 0 Å². The van der Waals surface area contributed by atoms with Crippen molar-refractivity contribution in [2.24, 2.45) is 4.99 Å². The standard InChI is InChI=1S/C44H42N6O/c1-2-3-25-39-45-43(30-15-16-31-43)42(51)50(39)40(33-28-26-32(27-29-33)37-23-13-14-24-38(37)41-46-48-49-47-41)44(34-17-7-4-8-18-34,35-19-9-5-10-20-35)36-21-11-6-12-22-36/h4-14,17-24,26-29,40H,2-3,15-16,25,30-31H2,1H3,(H,46,47,48,49)/t40-/m0/s1. The molecule has 0 radical (unpaired) electrons. The number of nitrogens with one attached hydrogen (secondary N) is 1. The third kappa shape index (κ3) is 5.67. The fourth-order valence-electron chi connectivity index (χ4n) is 8.47. The minimum atomic E-state index is -0.777. The lowest BCUT2D eigenvalue weighted by atomic mass is 9.62. The second kappa shape index (κ2) is 13.9. The summed E-state index contributed by atoms with van der Waals surface area (Å²) in [4.78, 5) is 22.9. The second-order valence-corrected chi connectivity index (χ2v) is 13.8. The summed E-state index contributed by atoms with van der Waals surface area (Å²) >= 11 is 0. The van der Waals surface area contributed by atoms with Crippen LogP contribution in [0.3, 0.4) is 0 Å². The predicted octanol–water partition coefficient (Wildman–Crippen LogP) is 9.35. The second-order valence-electron chi connectivity index (χ2n) is 13.8. The van der Waals surface area contributed by atoms with Gasteiger partial charge in [0.05, 0.1) is 11.5 Å². The molecule has 2 heterocycles. The number of amides is 1. The first-order valence-corrected chi connectivity index (χ1v) is 18.2. The van der Waals surface area contributed by atoms with E-state index in [1.54, 1.807) is 0 Å². The number of carbonyl (C=O) groups excluding carboxylic acids is 1. The Kier molecular flexibility index (Phi) is 8.86. The normalized spacial score (nSPS) is 16.1. The Morgan fingerprint density at radius 2 is 1.27 bits per heavy atom. The van der Waals surface area contributed by atoms with Crippen LogP contribution in [0.2, 0.25) is 0 Å². The molecule has 51 heavy (non-hydrogen) atoms. The van der Waals surface area contributed by atoms with Crippen molar-refractivity contribution in [3.8, 4) is 22.5 Å². The van der Waals surface area contributed by atoms with Crippen LogP contribution in [0.15, 0.2) is 145 Å². The molecule has 0 unspecified atom stereocenters. The number of rotatable bonds is 11. The van der Waals surface area contributed by atoms with Gasteiger partial charge in [0.2, 0.25) is 5.82 Å². The highest BCUT2D eigenvalue weighted by Gasteiger charge is 2.57. The minimum absolute atomic E-state index is 0.134. The lowest BCUT2D eigenvalue weighted by Crippen LogP contribution is -2.51. The molecule has 1 saturated carbocycles. The van der Waals surface area contributed by atoms with Crippen molar-refractivity contribution in [3.05, 3.63) is 162 Å². The van der Waals surface area contributed by atoms with E-state index in [1.807, 2.05) is 18.2 Å². The summed E-state index contributed by atoms with van der Waals surface area (Å²) in [6.07, 6.45) is 6.37. The number of aromatic nitrogens is 4. The van der Waals surface area contributed by atoms with Crippen molar-refractivity contribution in [1.29, 1.82) is 0 Å². The Morgan fingerprint density at radius 1 is 0.725 bits per heavy atom. The molecule has 2 aliphatic rings. The number of aliphatic imine (C=N–C) groups is 1. The van der Waals surface area contributed by atoms with Gasteiger partial charge in [0, 0.05) is 12.0 Å². The zero-order valence-electron chi connectivity index (χ0n) is 29.0. The highest BCUT2D eigenvalue weighted by Crippen LogP contribution is 2.54. The zero-order chi connectivity index (χ0) is 34.7. The quantitative estimate of drug-likeness (QED) is 0.139. The first-order chi connectivity index (χ1) is 25.2. The van der Waals surface area contributed by atoms with Crippen LogP contribution >= 0.6 is 0 Å². The lowest BCUT2D eigenvalue weighted by molar-refractivity contribution is -0.133. The van der Waals surface area contributed by atoms with Crippen LogP contribution in [0.25, 0.3) is 22.5 Å². The van der Waals surface area contributed by atoms with E-state index in [-0.39, 0.29) is 5.91 Å². The molecule has 254 valence electrons. The molecule has 1 aliphatic carbocycles. The molecule has 0 saturated heterocycles. The number of amidine groups is 1.